The third-order valence-electron chi connectivity index (χ3n) is 6.87. The molecule has 2 aromatic rings. The van der Waals surface area contributed by atoms with Gasteiger partial charge in [0.2, 0.25) is 11.9 Å². The van der Waals surface area contributed by atoms with Gasteiger partial charge in [-0.15, -0.1) is 0 Å². The first-order chi connectivity index (χ1) is 16.3. The van der Waals surface area contributed by atoms with E-state index in [2.05, 4.69) is 38.2 Å². The largest absolute Gasteiger partial charge is 0.349 e. The lowest BCUT2D eigenvalue weighted by atomic mass is 9.90. The zero-order valence-electron chi connectivity index (χ0n) is 20.1. The van der Waals surface area contributed by atoms with Gasteiger partial charge in [0.15, 0.2) is 0 Å². The first-order valence-electron chi connectivity index (χ1n) is 11.9. The van der Waals surface area contributed by atoms with E-state index in [4.69, 9.17) is 4.98 Å². The molecule has 2 fully saturated rings. The number of hydrogen-bond acceptors (Lipinski definition) is 6. The maximum Gasteiger partial charge on any atom is 0.253 e. The second kappa shape index (κ2) is 10.8. The number of rotatable bonds is 6. The topological polar surface area (TPSA) is 81.7 Å². The Balaban J connectivity index is 1.41. The lowest BCUT2D eigenvalue weighted by Crippen LogP contribution is -2.47. The fraction of sp³-hybridized carbons (Fsp3) is 0.520. The predicted octanol–water partition coefficient (Wildman–Crippen LogP) is 3.42. The van der Waals surface area contributed by atoms with Crippen LogP contribution in [0.25, 0.3) is 0 Å². The Morgan fingerprint density at radius 3 is 2.50 bits per heavy atom. The first kappa shape index (κ1) is 24.6. The summed E-state index contributed by atoms with van der Waals surface area (Å²) in [5, 5.41) is 3.25. The van der Waals surface area contributed by atoms with Gasteiger partial charge in [0.1, 0.15) is 0 Å². The molecule has 2 heterocycles. The molecular weight excluding hydrogens is 496 g/mol. The summed E-state index contributed by atoms with van der Waals surface area (Å²) in [7, 11) is 5.72. The summed E-state index contributed by atoms with van der Waals surface area (Å²) < 4.78 is 0.856. The molecule has 1 aliphatic carbocycles. The number of aromatic nitrogens is 2. The van der Waals surface area contributed by atoms with Gasteiger partial charge in [0, 0.05) is 63.6 Å². The summed E-state index contributed by atoms with van der Waals surface area (Å²) in [6.45, 7) is 3.32. The minimum absolute atomic E-state index is 0.0543. The molecule has 1 aromatic heterocycles. The third-order valence-corrected chi connectivity index (χ3v) is 7.53. The summed E-state index contributed by atoms with van der Waals surface area (Å²) in [6, 6.07) is 7.46. The Kier molecular flexibility index (Phi) is 7.83. The van der Waals surface area contributed by atoms with Crippen LogP contribution in [0.3, 0.4) is 0 Å². The van der Waals surface area contributed by atoms with Crippen molar-refractivity contribution in [2.45, 2.75) is 25.7 Å². The van der Waals surface area contributed by atoms with E-state index >= 15 is 0 Å². The van der Waals surface area contributed by atoms with Crippen molar-refractivity contribution in [3.8, 4) is 0 Å². The van der Waals surface area contributed by atoms with Crippen LogP contribution in [0.5, 0.6) is 0 Å². The number of likely N-dealkylation sites (N-methyl/N-ethyl adjacent to an activating group) is 1. The Morgan fingerprint density at radius 1 is 1.12 bits per heavy atom. The smallest absolute Gasteiger partial charge is 0.253 e. The number of piperazine rings is 1. The molecular formula is C25H33BrN6O2. The van der Waals surface area contributed by atoms with Gasteiger partial charge in [0.05, 0.1) is 10.2 Å². The number of carbonyl (C=O) groups is 2. The highest BCUT2D eigenvalue weighted by molar-refractivity contribution is 9.10. The van der Waals surface area contributed by atoms with Gasteiger partial charge in [-0.3, -0.25) is 9.59 Å². The summed E-state index contributed by atoms with van der Waals surface area (Å²) in [4.78, 5) is 40.3. The number of halogens is 1. The lowest BCUT2D eigenvalue weighted by Gasteiger charge is -2.32. The van der Waals surface area contributed by atoms with Crippen LogP contribution in [0.15, 0.2) is 34.9 Å². The molecule has 1 aromatic carbocycles. The molecule has 2 atom stereocenters. The van der Waals surface area contributed by atoms with E-state index in [9.17, 15) is 9.59 Å². The molecule has 0 spiro atoms. The number of anilines is 2. The lowest BCUT2D eigenvalue weighted by molar-refractivity contribution is -0.134. The van der Waals surface area contributed by atoms with Crippen molar-refractivity contribution in [3.05, 3.63) is 46.2 Å². The monoisotopic (exact) mass is 528 g/mol. The average Bonchev–Trinajstić information content (AvgIpc) is 3.29. The average molecular weight is 529 g/mol. The molecule has 1 aliphatic heterocycles. The molecule has 2 aliphatic rings. The second-order valence-electron chi connectivity index (χ2n) is 9.52. The number of amides is 2. The summed E-state index contributed by atoms with van der Waals surface area (Å²) in [5.74, 6) is 1.12. The van der Waals surface area contributed by atoms with Crippen LogP contribution < -0.4 is 5.32 Å². The van der Waals surface area contributed by atoms with Gasteiger partial charge in [-0.25, -0.2) is 9.97 Å². The van der Waals surface area contributed by atoms with Crippen molar-refractivity contribution in [1.29, 1.82) is 0 Å². The van der Waals surface area contributed by atoms with Gasteiger partial charge in [-0.05, 0) is 72.4 Å². The van der Waals surface area contributed by atoms with Crippen LogP contribution in [-0.2, 0) is 11.2 Å². The molecule has 9 heteroatoms. The molecule has 2 amide bonds. The summed E-state index contributed by atoms with van der Waals surface area (Å²) in [6.07, 6.45) is 5.54. The van der Waals surface area contributed by atoms with E-state index < -0.39 is 0 Å². The number of hydrogen-bond donors (Lipinski definition) is 1. The van der Waals surface area contributed by atoms with Gasteiger partial charge < -0.3 is 20.0 Å². The minimum Gasteiger partial charge on any atom is -0.349 e. The number of carbonyl (C=O) groups excluding carboxylic acids is 2. The molecule has 0 unspecified atom stereocenters. The SMILES string of the molecule is CN1CCN(C(=O)c2ccc(Nc3ncc(Br)c(C[C@@H]4CCC[C@@H]4C(=O)N(C)C)n3)cc2)CC1. The molecule has 1 N–H and O–H groups in total. The first-order valence-corrected chi connectivity index (χ1v) is 12.7. The standard InChI is InChI=1S/C25H33BrN6O2/c1-30(2)24(34)20-6-4-5-18(20)15-22-21(26)16-27-25(29-22)28-19-9-7-17(8-10-19)23(33)32-13-11-31(3)12-14-32/h7-10,16,18,20H,4-6,11-15H2,1-3H3,(H,27,28,29)/t18-,20-/m0/s1. The molecule has 4 rings (SSSR count). The van der Waals surface area contributed by atoms with E-state index in [-0.39, 0.29) is 23.7 Å². The Labute approximate surface area is 209 Å². The molecule has 1 saturated heterocycles. The Morgan fingerprint density at radius 2 is 1.82 bits per heavy atom. The van der Waals surface area contributed by atoms with Crippen LogP contribution >= 0.6 is 15.9 Å². The summed E-state index contributed by atoms with van der Waals surface area (Å²) in [5.41, 5.74) is 2.41. The summed E-state index contributed by atoms with van der Waals surface area (Å²) >= 11 is 3.58. The molecule has 0 radical (unpaired) electrons. The fourth-order valence-electron chi connectivity index (χ4n) is 4.81. The zero-order valence-corrected chi connectivity index (χ0v) is 21.7. The van der Waals surface area contributed by atoms with Gasteiger partial charge in [-0.1, -0.05) is 6.42 Å². The van der Waals surface area contributed by atoms with Crippen LogP contribution in [0, 0.1) is 11.8 Å². The molecule has 182 valence electrons. The van der Waals surface area contributed by atoms with E-state index in [0.717, 1.165) is 67.7 Å². The normalized spacial score (nSPS) is 20.9. The van der Waals surface area contributed by atoms with Crippen molar-refractivity contribution in [1.82, 2.24) is 24.7 Å². The predicted molar refractivity (Wildman–Crippen MR) is 136 cm³/mol. The minimum atomic E-state index is 0.0543. The van der Waals surface area contributed by atoms with E-state index in [0.29, 0.717) is 11.5 Å². The second-order valence-corrected chi connectivity index (χ2v) is 10.4. The highest BCUT2D eigenvalue weighted by atomic mass is 79.9. The maximum absolute atomic E-state index is 12.8. The van der Waals surface area contributed by atoms with E-state index in [1.807, 2.05) is 43.3 Å². The molecule has 1 saturated carbocycles. The molecule has 8 nitrogen and oxygen atoms in total. The molecule has 34 heavy (non-hydrogen) atoms. The Hall–Kier alpha value is -2.52. The molecule has 0 bridgehead atoms. The van der Waals surface area contributed by atoms with Crippen molar-refractivity contribution >= 4 is 39.4 Å². The quantitative estimate of drug-likeness (QED) is 0.618. The van der Waals surface area contributed by atoms with Gasteiger partial charge in [0.25, 0.3) is 5.91 Å². The highest BCUT2D eigenvalue weighted by Gasteiger charge is 2.34. The highest BCUT2D eigenvalue weighted by Crippen LogP contribution is 2.36. The third kappa shape index (κ3) is 5.75. The number of nitrogens with zero attached hydrogens (tertiary/aromatic N) is 5. The van der Waals surface area contributed by atoms with Gasteiger partial charge in [-0.2, -0.15) is 0 Å². The van der Waals surface area contributed by atoms with E-state index in [1.54, 1.807) is 11.1 Å². The van der Waals surface area contributed by atoms with Crippen LogP contribution in [0.1, 0.15) is 35.3 Å². The number of nitrogens with one attached hydrogen (secondary N) is 1. The van der Waals surface area contributed by atoms with Crippen molar-refractivity contribution in [2.75, 3.05) is 52.6 Å². The fourth-order valence-corrected chi connectivity index (χ4v) is 5.16. The Bertz CT molecular complexity index is 1020. The zero-order chi connectivity index (χ0) is 24.2. The maximum atomic E-state index is 12.8. The van der Waals surface area contributed by atoms with Crippen molar-refractivity contribution in [2.24, 2.45) is 11.8 Å². The van der Waals surface area contributed by atoms with Crippen LogP contribution in [0.2, 0.25) is 0 Å². The van der Waals surface area contributed by atoms with Gasteiger partial charge >= 0.3 is 0 Å². The van der Waals surface area contributed by atoms with Crippen molar-refractivity contribution in [3.63, 3.8) is 0 Å². The van der Waals surface area contributed by atoms with Crippen LogP contribution in [0.4, 0.5) is 11.6 Å². The van der Waals surface area contributed by atoms with Crippen molar-refractivity contribution < 1.29 is 9.59 Å². The number of benzene rings is 1. The van der Waals surface area contributed by atoms with Crippen LogP contribution in [-0.4, -0.2) is 83.8 Å². The van der Waals surface area contributed by atoms with E-state index in [1.165, 1.54) is 0 Å².